The molecule has 0 fully saturated rings. The van der Waals surface area contributed by atoms with Crippen molar-refractivity contribution in [3.8, 4) is 17.2 Å². The van der Waals surface area contributed by atoms with E-state index in [1.165, 1.54) is 10.6 Å². The van der Waals surface area contributed by atoms with Gasteiger partial charge < -0.3 is 15.5 Å². The van der Waals surface area contributed by atoms with Crippen LogP contribution in [0.5, 0.6) is 0 Å². The number of rotatable bonds is 8. The van der Waals surface area contributed by atoms with E-state index < -0.39 is 28.9 Å². The maximum absolute atomic E-state index is 14.1. The van der Waals surface area contributed by atoms with Crippen LogP contribution in [0.15, 0.2) is 75.9 Å². The Morgan fingerprint density at radius 1 is 1.17 bits per heavy atom. The minimum Gasteiger partial charge on any atom is -0.408 e. The van der Waals surface area contributed by atoms with Crippen molar-refractivity contribution in [3.63, 3.8) is 0 Å². The summed E-state index contributed by atoms with van der Waals surface area (Å²) in [6.45, 7) is 1.68. The van der Waals surface area contributed by atoms with E-state index in [2.05, 4.69) is 11.4 Å². The average molecular weight is 487 g/mol. The van der Waals surface area contributed by atoms with Crippen molar-refractivity contribution >= 4 is 17.0 Å². The number of carbonyl (C=O) groups excluding carboxylic acids is 1. The third-order valence-electron chi connectivity index (χ3n) is 6.52. The summed E-state index contributed by atoms with van der Waals surface area (Å²) in [6.07, 6.45) is 0.430. The topological polar surface area (TPSA) is 114 Å². The minimum absolute atomic E-state index is 0.00656. The fourth-order valence-electron chi connectivity index (χ4n) is 4.14. The molecule has 1 aromatic heterocycles. The Labute approximate surface area is 208 Å². The zero-order valence-electron chi connectivity index (χ0n) is 20.1. The van der Waals surface area contributed by atoms with Crippen molar-refractivity contribution < 1.29 is 13.6 Å². The maximum Gasteiger partial charge on any atom is 0.419 e. The summed E-state index contributed by atoms with van der Waals surface area (Å²) < 4.78 is 20.8. The molecule has 0 saturated carbocycles. The third-order valence-corrected chi connectivity index (χ3v) is 6.52. The highest BCUT2D eigenvalue weighted by Crippen LogP contribution is 2.26. The van der Waals surface area contributed by atoms with Gasteiger partial charge in [0.15, 0.2) is 5.58 Å². The van der Waals surface area contributed by atoms with Gasteiger partial charge in [0.2, 0.25) is 5.91 Å². The molecule has 0 aliphatic heterocycles. The number of hydrogen-bond acceptors (Lipinski definition) is 5. The molecule has 8 heteroatoms. The molecular weight excluding hydrogens is 459 g/mol. The Balaban J connectivity index is 1.46. The van der Waals surface area contributed by atoms with E-state index in [4.69, 9.17) is 10.2 Å². The van der Waals surface area contributed by atoms with E-state index in [0.29, 0.717) is 23.1 Å². The molecule has 0 aliphatic rings. The molecule has 0 spiro atoms. The van der Waals surface area contributed by atoms with Crippen LogP contribution in [-0.2, 0) is 24.7 Å². The number of aryl methyl sites for hydroxylation is 1. The number of carbonyl (C=O) groups is 1. The first kappa shape index (κ1) is 24.9. The number of nitrogens with two attached hydrogens (primary N) is 1. The van der Waals surface area contributed by atoms with Crippen LogP contribution in [0.4, 0.5) is 4.39 Å². The van der Waals surface area contributed by atoms with E-state index in [1.54, 1.807) is 38.2 Å². The number of oxazole rings is 1. The van der Waals surface area contributed by atoms with Gasteiger partial charge in [-0.05, 0) is 53.8 Å². The first-order valence-electron chi connectivity index (χ1n) is 11.6. The van der Waals surface area contributed by atoms with Gasteiger partial charge >= 0.3 is 5.76 Å². The summed E-state index contributed by atoms with van der Waals surface area (Å²) in [6, 6.07) is 20.8. The van der Waals surface area contributed by atoms with Crippen molar-refractivity contribution in [1.29, 1.82) is 5.26 Å². The summed E-state index contributed by atoms with van der Waals surface area (Å²) >= 11 is 0. The smallest absolute Gasteiger partial charge is 0.408 e. The van der Waals surface area contributed by atoms with E-state index in [0.717, 1.165) is 16.7 Å². The lowest BCUT2D eigenvalue weighted by Crippen LogP contribution is -2.49. The number of nitrogens with zero attached hydrogens (tertiary/aromatic N) is 2. The molecule has 4 rings (SSSR count). The van der Waals surface area contributed by atoms with Crippen LogP contribution >= 0.6 is 0 Å². The van der Waals surface area contributed by atoms with Gasteiger partial charge in [-0.1, -0.05) is 48.5 Å². The first-order chi connectivity index (χ1) is 17.2. The zero-order valence-corrected chi connectivity index (χ0v) is 20.1. The van der Waals surface area contributed by atoms with Crippen LogP contribution < -0.4 is 16.8 Å². The number of nitriles is 1. The SMILES string of the molecule is Cn1c(=O)oc2ccc(-c3ccc(C[C@@H](C#N)NC(=O)C(C)(CN)Cc4ccccc4F)cc3)cc21. The molecule has 2 atom stereocenters. The van der Waals surface area contributed by atoms with Crippen molar-refractivity contribution in [3.05, 3.63) is 94.2 Å². The summed E-state index contributed by atoms with van der Waals surface area (Å²) in [4.78, 5) is 24.8. The zero-order chi connectivity index (χ0) is 25.9. The van der Waals surface area contributed by atoms with E-state index in [-0.39, 0.29) is 13.0 Å². The molecule has 184 valence electrons. The Bertz CT molecular complexity index is 1500. The molecule has 36 heavy (non-hydrogen) atoms. The predicted molar refractivity (Wildman–Crippen MR) is 135 cm³/mol. The molecule has 3 N–H and O–H groups in total. The highest BCUT2D eigenvalue weighted by molar-refractivity contribution is 5.83. The molecular formula is C28H27FN4O3. The van der Waals surface area contributed by atoms with Crippen LogP contribution in [0.2, 0.25) is 0 Å². The largest absolute Gasteiger partial charge is 0.419 e. The van der Waals surface area contributed by atoms with Gasteiger partial charge in [-0.15, -0.1) is 0 Å². The summed E-state index contributed by atoms with van der Waals surface area (Å²) in [5.74, 6) is -1.20. The normalized spacial score (nSPS) is 13.6. The van der Waals surface area contributed by atoms with E-state index in [1.807, 2.05) is 36.4 Å². The van der Waals surface area contributed by atoms with Gasteiger partial charge in [0.25, 0.3) is 0 Å². The van der Waals surface area contributed by atoms with Gasteiger partial charge in [-0.2, -0.15) is 5.26 Å². The maximum atomic E-state index is 14.1. The molecule has 0 saturated heterocycles. The van der Waals surface area contributed by atoms with Gasteiger partial charge in [-0.25, -0.2) is 9.18 Å². The van der Waals surface area contributed by atoms with Gasteiger partial charge in [-0.3, -0.25) is 9.36 Å². The Morgan fingerprint density at radius 3 is 2.53 bits per heavy atom. The number of nitrogens with one attached hydrogen (secondary N) is 1. The van der Waals surface area contributed by atoms with Gasteiger partial charge in [0.05, 0.1) is 17.0 Å². The molecule has 0 radical (unpaired) electrons. The number of halogens is 1. The molecule has 4 aromatic rings. The highest BCUT2D eigenvalue weighted by atomic mass is 19.1. The first-order valence-corrected chi connectivity index (χ1v) is 11.6. The lowest BCUT2D eigenvalue weighted by atomic mass is 9.82. The molecule has 0 aliphatic carbocycles. The van der Waals surface area contributed by atoms with Crippen molar-refractivity contribution in [1.82, 2.24) is 9.88 Å². The molecule has 3 aromatic carbocycles. The standard InChI is InChI=1S/C28H27FN4O3/c1-28(17-31,15-21-5-3-4-6-23(21)29)26(34)32-22(16-30)13-18-7-9-19(10-8-18)20-11-12-25-24(14-20)33(2)27(35)36-25/h3-12,14,22H,13,15,17,31H2,1-2H3,(H,32,34)/t22-,28?/m0/s1. The lowest BCUT2D eigenvalue weighted by molar-refractivity contribution is -0.130. The fourth-order valence-corrected chi connectivity index (χ4v) is 4.14. The fraction of sp³-hybridized carbons (Fsp3) is 0.250. The monoisotopic (exact) mass is 486 g/mol. The summed E-state index contributed by atoms with van der Waals surface area (Å²) in [5, 5.41) is 12.5. The van der Waals surface area contributed by atoms with Crippen LogP contribution in [0.25, 0.3) is 22.2 Å². The average Bonchev–Trinajstić information content (AvgIpc) is 3.17. The van der Waals surface area contributed by atoms with Crippen LogP contribution in [-0.4, -0.2) is 23.1 Å². The number of benzene rings is 3. The molecule has 1 amide bonds. The van der Waals surface area contributed by atoms with Crippen molar-refractivity contribution in [2.45, 2.75) is 25.8 Å². The number of aromatic nitrogens is 1. The third kappa shape index (κ3) is 5.07. The van der Waals surface area contributed by atoms with Crippen LogP contribution in [0.1, 0.15) is 18.1 Å². The van der Waals surface area contributed by atoms with Crippen molar-refractivity contribution in [2.75, 3.05) is 6.54 Å². The Morgan fingerprint density at radius 2 is 1.86 bits per heavy atom. The highest BCUT2D eigenvalue weighted by Gasteiger charge is 2.34. The van der Waals surface area contributed by atoms with Crippen LogP contribution in [0, 0.1) is 22.6 Å². The number of amides is 1. The number of fused-ring (bicyclic) bond motifs is 1. The Hall–Kier alpha value is -4.22. The van der Waals surface area contributed by atoms with Crippen LogP contribution in [0.3, 0.4) is 0 Å². The molecule has 0 bridgehead atoms. The summed E-state index contributed by atoms with van der Waals surface area (Å²) in [5.41, 5.74) is 9.19. The molecule has 1 heterocycles. The second-order valence-corrected chi connectivity index (χ2v) is 9.20. The lowest BCUT2D eigenvalue weighted by Gasteiger charge is -2.28. The molecule has 1 unspecified atom stereocenters. The second-order valence-electron chi connectivity index (χ2n) is 9.20. The minimum atomic E-state index is -1.06. The quantitative estimate of drug-likeness (QED) is 0.394. The van der Waals surface area contributed by atoms with Gasteiger partial charge in [0.1, 0.15) is 11.9 Å². The van der Waals surface area contributed by atoms with Gasteiger partial charge in [0, 0.05) is 20.0 Å². The number of hydrogen-bond donors (Lipinski definition) is 2. The molecule has 7 nitrogen and oxygen atoms in total. The predicted octanol–water partition coefficient (Wildman–Crippen LogP) is 3.70. The second kappa shape index (κ2) is 10.2. The summed E-state index contributed by atoms with van der Waals surface area (Å²) in [7, 11) is 1.66. The van der Waals surface area contributed by atoms with Crippen molar-refractivity contribution in [2.24, 2.45) is 18.2 Å². The van der Waals surface area contributed by atoms with E-state index >= 15 is 0 Å². The Kier molecular flexibility index (Phi) is 7.04. The van der Waals surface area contributed by atoms with E-state index in [9.17, 15) is 19.2 Å².